The van der Waals surface area contributed by atoms with Crippen LogP contribution >= 0.6 is 11.6 Å². The van der Waals surface area contributed by atoms with Crippen LogP contribution in [0.2, 0.25) is 5.15 Å². The molecular formula is C19H16ClN3O3. The van der Waals surface area contributed by atoms with Gasteiger partial charge in [0.15, 0.2) is 5.78 Å². The van der Waals surface area contributed by atoms with Gasteiger partial charge in [-0.1, -0.05) is 11.6 Å². The highest BCUT2D eigenvalue weighted by Gasteiger charge is 2.35. The number of hydrogen-bond donors (Lipinski definition) is 1. The average molecular weight is 370 g/mol. The maximum Gasteiger partial charge on any atom is 0.205 e. The van der Waals surface area contributed by atoms with Gasteiger partial charge in [-0.05, 0) is 32.0 Å². The maximum absolute atomic E-state index is 12.2. The van der Waals surface area contributed by atoms with Crippen molar-refractivity contribution < 1.29 is 14.3 Å². The monoisotopic (exact) mass is 369 g/mol. The van der Waals surface area contributed by atoms with Crippen LogP contribution in [0.25, 0.3) is 10.9 Å². The molecule has 0 fully saturated rings. The summed E-state index contributed by atoms with van der Waals surface area (Å²) < 4.78 is 10.6. The molecule has 7 heteroatoms. The van der Waals surface area contributed by atoms with Crippen LogP contribution in [0.4, 0.5) is 0 Å². The standard InChI is InChI=1S/C19H16ClN3O3/c1-9(24)16-10(2)26-19(22)14(8-21)17(16)13-6-11-4-5-12(25-3)7-15(11)23-18(13)20/h4-7,17H,22H2,1-3H3/t17-/m1/s1. The molecule has 6 nitrogen and oxygen atoms in total. The molecule has 26 heavy (non-hydrogen) atoms. The van der Waals surface area contributed by atoms with Gasteiger partial charge in [0.1, 0.15) is 28.3 Å². The van der Waals surface area contributed by atoms with Crippen LogP contribution in [0, 0.1) is 11.3 Å². The van der Waals surface area contributed by atoms with E-state index in [1.807, 2.05) is 12.1 Å². The SMILES string of the molecule is COc1ccc2cc([C@@H]3C(C#N)=C(N)OC(C)=C3C(C)=O)c(Cl)nc2c1. The minimum absolute atomic E-state index is 0.0362. The summed E-state index contributed by atoms with van der Waals surface area (Å²) in [5.41, 5.74) is 7.53. The van der Waals surface area contributed by atoms with E-state index in [9.17, 15) is 10.1 Å². The lowest BCUT2D eigenvalue weighted by molar-refractivity contribution is -0.114. The van der Waals surface area contributed by atoms with Gasteiger partial charge in [-0.2, -0.15) is 5.26 Å². The largest absolute Gasteiger partial charge is 0.497 e. The fourth-order valence-corrected chi connectivity index (χ4v) is 3.37. The molecule has 1 atom stereocenters. The van der Waals surface area contributed by atoms with Gasteiger partial charge in [0.05, 0.1) is 18.5 Å². The van der Waals surface area contributed by atoms with E-state index in [2.05, 4.69) is 4.98 Å². The molecule has 0 saturated carbocycles. The Morgan fingerprint density at radius 3 is 2.77 bits per heavy atom. The highest BCUT2D eigenvalue weighted by molar-refractivity contribution is 6.30. The summed E-state index contributed by atoms with van der Waals surface area (Å²) in [6.07, 6.45) is 0. The summed E-state index contributed by atoms with van der Waals surface area (Å²) in [6, 6.07) is 9.24. The minimum Gasteiger partial charge on any atom is -0.497 e. The molecule has 3 rings (SSSR count). The Bertz CT molecular complexity index is 1030. The molecule has 0 amide bonds. The molecule has 0 aliphatic carbocycles. The third kappa shape index (κ3) is 2.87. The van der Waals surface area contributed by atoms with E-state index >= 15 is 0 Å². The van der Waals surface area contributed by atoms with Crippen molar-refractivity contribution >= 4 is 28.3 Å². The van der Waals surface area contributed by atoms with Crippen LogP contribution in [0.3, 0.4) is 0 Å². The molecule has 0 unspecified atom stereocenters. The molecular weight excluding hydrogens is 354 g/mol. The number of rotatable bonds is 3. The molecule has 0 spiro atoms. The van der Waals surface area contributed by atoms with Crippen LogP contribution in [0.5, 0.6) is 5.75 Å². The summed E-state index contributed by atoms with van der Waals surface area (Å²) in [5.74, 6) is 0.0223. The number of nitriles is 1. The lowest BCUT2D eigenvalue weighted by Gasteiger charge is -2.27. The van der Waals surface area contributed by atoms with Crippen LogP contribution in [-0.2, 0) is 9.53 Å². The zero-order valence-corrected chi connectivity index (χ0v) is 15.2. The third-order valence-electron chi connectivity index (χ3n) is 4.30. The van der Waals surface area contributed by atoms with Crippen molar-refractivity contribution in [1.29, 1.82) is 5.26 Å². The number of ketones is 1. The van der Waals surface area contributed by atoms with Crippen molar-refractivity contribution in [2.45, 2.75) is 19.8 Å². The number of hydrogen-bond acceptors (Lipinski definition) is 6. The van der Waals surface area contributed by atoms with Crippen LogP contribution in [0.1, 0.15) is 25.3 Å². The number of carbonyl (C=O) groups is 1. The normalized spacial score (nSPS) is 17.1. The number of carbonyl (C=O) groups excluding carboxylic acids is 1. The van der Waals surface area contributed by atoms with Gasteiger partial charge in [-0.15, -0.1) is 0 Å². The van der Waals surface area contributed by atoms with E-state index in [-0.39, 0.29) is 22.4 Å². The summed E-state index contributed by atoms with van der Waals surface area (Å²) in [6.45, 7) is 3.05. The summed E-state index contributed by atoms with van der Waals surface area (Å²) in [4.78, 5) is 16.6. The topological polar surface area (TPSA) is 98.2 Å². The quantitative estimate of drug-likeness (QED) is 0.830. The van der Waals surface area contributed by atoms with Crippen molar-refractivity contribution in [3.63, 3.8) is 0 Å². The smallest absolute Gasteiger partial charge is 0.205 e. The number of aromatic nitrogens is 1. The van der Waals surface area contributed by atoms with E-state index in [1.165, 1.54) is 6.92 Å². The first-order valence-corrected chi connectivity index (χ1v) is 8.18. The number of methoxy groups -OCH3 is 1. The number of Topliss-reactive ketones (excluding diaryl/α,β-unsaturated/α-hetero) is 1. The van der Waals surface area contributed by atoms with E-state index in [0.29, 0.717) is 28.2 Å². The second-order valence-corrected chi connectivity index (χ2v) is 6.24. The van der Waals surface area contributed by atoms with Crippen molar-refractivity contribution in [3.05, 3.63) is 57.8 Å². The molecule has 2 N–H and O–H groups in total. The maximum atomic E-state index is 12.2. The Balaban J connectivity index is 2.27. The van der Waals surface area contributed by atoms with Crippen molar-refractivity contribution in [2.24, 2.45) is 5.73 Å². The number of fused-ring (bicyclic) bond motifs is 1. The van der Waals surface area contributed by atoms with Gasteiger partial charge in [0.25, 0.3) is 0 Å². The molecule has 1 aliphatic heterocycles. The Hall–Kier alpha value is -3.04. The Kier molecular flexibility index (Phi) is 4.58. The van der Waals surface area contributed by atoms with Crippen molar-refractivity contribution in [2.75, 3.05) is 7.11 Å². The highest BCUT2D eigenvalue weighted by atomic mass is 35.5. The number of ether oxygens (including phenoxy) is 2. The van der Waals surface area contributed by atoms with E-state index < -0.39 is 5.92 Å². The predicted octanol–water partition coefficient (Wildman–Crippen LogP) is 3.57. The Labute approximate surface area is 155 Å². The van der Waals surface area contributed by atoms with Gasteiger partial charge in [-0.25, -0.2) is 4.98 Å². The summed E-state index contributed by atoms with van der Waals surface area (Å²) in [7, 11) is 1.57. The lowest BCUT2D eigenvalue weighted by Crippen LogP contribution is -2.23. The first kappa shape index (κ1) is 17.8. The molecule has 2 aromatic rings. The van der Waals surface area contributed by atoms with E-state index in [0.717, 1.165) is 5.39 Å². The number of nitrogens with zero attached hydrogens (tertiary/aromatic N) is 2. The fourth-order valence-electron chi connectivity index (χ4n) is 3.12. The second kappa shape index (κ2) is 6.70. The minimum atomic E-state index is -0.724. The van der Waals surface area contributed by atoms with Gasteiger partial charge < -0.3 is 15.2 Å². The molecule has 1 aliphatic rings. The first-order valence-electron chi connectivity index (χ1n) is 7.80. The average Bonchev–Trinajstić information content (AvgIpc) is 2.59. The number of benzene rings is 1. The van der Waals surface area contributed by atoms with E-state index in [4.69, 9.17) is 26.8 Å². The number of pyridine rings is 1. The molecule has 1 aromatic heterocycles. The Morgan fingerprint density at radius 2 is 2.15 bits per heavy atom. The molecule has 1 aromatic carbocycles. The first-order chi connectivity index (χ1) is 12.4. The summed E-state index contributed by atoms with van der Waals surface area (Å²) in [5, 5.41) is 10.6. The van der Waals surface area contributed by atoms with Crippen molar-refractivity contribution in [3.8, 4) is 11.8 Å². The highest BCUT2D eigenvalue weighted by Crippen LogP contribution is 2.42. The predicted molar refractivity (Wildman–Crippen MR) is 97.3 cm³/mol. The Morgan fingerprint density at radius 1 is 1.42 bits per heavy atom. The van der Waals surface area contributed by atoms with E-state index in [1.54, 1.807) is 32.2 Å². The molecule has 132 valence electrons. The molecule has 0 radical (unpaired) electrons. The van der Waals surface area contributed by atoms with Crippen LogP contribution < -0.4 is 10.5 Å². The van der Waals surface area contributed by atoms with Crippen LogP contribution in [0.15, 0.2) is 47.1 Å². The second-order valence-electron chi connectivity index (χ2n) is 5.88. The summed E-state index contributed by atoms with van der Waals surface area (Å²) >= 11 is 6.42. The molecule has 0 saturated heterocycles. The van der Waals surface area contributed by atoms with Gasteiger partial charge in [0, 0.05) is 22.6 Å². The van der Waals surface area contributed by atoms with Crippen molar-refractivity contribution in [1.82, 2.24) is 4.98 Å². The third-order valence-corrected chi connectivity index (χ3v) is 4.60. The number of allylic oxidation sites excluding steroid dienone is 3. The lowest BCUT2D eigenvalue weighted by atomic mass is 9.82. The molecule has 2 heterocycles. The van der Waals surface area contributed by atoms with Gasteiger partial charge in [-0.3, -0.25) is 4.79 Å². The van der Waals surface area contributed by atoms with Gasteiger partial charge in [0.2, 0.25) is 5.88 Å². The number of halogens is 1. The fraction of sp³-hybridized carbons (Fsp3) is 0.211. The molecule has 0 bridgehead atoms. The number of nitrogens with two attached hydrogens (primary N) is 1. The zero-order chi connectivity index (χ0) is 19.0. The van der Waals surface area contributed by atoms with Gasteiger partial charge >= 0.3 is 0 Å². The zero-order valence-electron chi connectivity index (χ0n) is 14.5. The van der Waals surface area contributed by atoms with Crippen LogP contribution in [-0.4, -0.2) is 17.9 Å².